The number of hydrogen-bond acceptors (Lipinski definition) is 4. The first-order valence-corrected chi connectivity index (χ1v) is 12.0. The summed E-state index contributed by atoms with van der Waals surface area (Å²) in [7, 11) is 0. The lowest BCUT2D eigenvalue weighted by molar-refractivity contribution is 0.219. The summed E-state index contributed by atoms with van der Waals surface area (Å²) in [5.41, 5.74) is 3.01. The van der Waals surface area contributed by atoms with Crippen LogP contribution in [0.15, 0.2) is 52.4 Å². The number of aromatic nitrogens is 2. The van der Waals surface area contributed by atoms with Gasteiger partial charge in [0.15, 0.2) is 5.16 Å². The van der Waals surface area contributed by atoms with Crippen LogP contribution in [0.2, 0.25) is 0 Å². The molecule has 5 heteroatoms. The number of nitrogens with zero attached hydrogens (tertiary/aromatic N) is 2. The molecule has 1 fully saturated rings. The number of hydrogen-bond donors (Lipinski definition) is 1. The fourth-order valence-electron chi connectivity index (χ4n) is 4.13. The number of benzene rings is 2. The fourth-order valence-corrected chi connectivity index (χ4v) is 4.99. The lowest BCUT2D eigenvalue weighted by Gasteiger charge is -2.26. The number of rotatable bonds is 7. The zero-order valence-corrected chi connectivity index (χ0v) is 18.8. The first-order chi connectivity index (χ1) is 14.6. The Labute approximate surface area is 183 Å². The van der Waals surface area contributed by atoms with Crippen molar-refractivity contribution in [2.75, 3.05) is 13.1 Å². The van der Waals surface area contributed by atoms with Crippen LogP contribution in [0.4, 0.5) is 0 Å². The predicted molar refractivity (Wildman–Crippen MR) is 126 cm³/mol. The van der Waals surface area contributed by atoms with Crippen molar-refractivity contribution in [3.8, 4) is 0 Å². The first kappa shape index (κ1) is 21.1. The fraction of sp³-hybridized carbons (Fsp3) is 0.440. The Morgan fingerprint density at radius 3 is 2.67 bits per heavy atom. The molecule has 0 spiro atoms. The zero-order chi connectivity index (χ0) is 20.9. The van der Waals surface area contributed by atoms with E-state index in [-0.39, 0.29) is 5.56 Å². The van der Waals surface area contributed by atoms with Gasteiger partial charge in [-0.3, -0.25) is 9.69 Å². The summed E-state index contributed by atoms with van der Waals surface area (Å²) < 4.78 is 0. The number of likely N-dealkylation sites (tertiary alicyclic amines) is 1. The smallest absolute Gasteiger partial charge is 0.256 e. The Kier molecular flexibility index (Phi) is 6.90. The van der Waals surface area contributed by atoms with E-state index in [1.54, 1.807) is 11.8 Å². The molecule has 1 aliphatic rings. The zero-order valence-electron chi connectivity index (χ0n) is 18.0. The van der Waals surface area contributed by atoms with E-state index >= 15 is 0 Å². The molecule has 2 aromatic carbocycles. The molecule has 2 heterocycles. The second kappa shape index (κ2) is 9.80. The molecule has 0 amide bonds. The molecule has 1 aromatic heterocycles. The topological polar surface area (TPSA) is 49.0 Å². The molecule has 4 nitrogen and oxygen atoms in total. The molecular weight excluding hydrogens is 390 g/mol. The molecule has 0 bridgehead atoms. The monoisotopic (exact) mass is 421 g/mol. The second-order valence-corrected chi connectivity index (χ2v) is 9.71. The van der Waals surface area contributed by atoms with Gasteiger partial charge in [0.2, 0.25) is 0 Å². The highest BCUT2D eigenvalue weighted by Gasteiger charge is 2.19. The summed E-state index contributed by atoms with van der Waals surface area (Å²) in [5.74, 6) is 0. The van der Waals surface area contributed by atoms with Gasteiger partial charge in [0.1, 0.15) is 0 Å². The minimum Gasteiger partial charge on any atom is -0.301 e. The maximum Gasteiger partial charge on any atom is 0.256 e. The van der Waals surface area contributed by atoms with Gasteiger partial charge >= 0.3 is 0 Å². The molecule has 4 rings (SSSR count). The van der Waals surface area contributed by atoms with E-state index in [9.17, 15) is 4.79 Å². The van der Waals surface area contributed by atoms with Crippen molar-refractivity contribution in [3.63, 3.8) is 0 Å². The molecular formula is C25H31N3OS. The Morgan fingerprint density at radius 2 is 1.87 bits per heavy atom. The van der Waals surface area contributed by atoms with Crippen molar-refractivity contribution in [1.82, 2.24) is 14.9 Å². The van der Waals surface area contributed by atoms with Gasteiger partial charge in [-0.2, -0.15) is 0 Å². The molecule has 0 radical (unpaired) electrons. The molecule has 0 saturated carbocycles. The van der Waals surface area contributed by atoms with Crippen LogP contribution >= 0.6 is 11.8 Å². The SMILES string of the molecule is CCC(C)Sc1nc(Cc2cccc3ccccc23)c(CN2CCCCC2)c(=O)[nH]1. The maximum atomic E-state index is 13.1. The van der Waals surface area contributed by atoms with Gasteiger partial charge < -0.3 is 4.98 Å². The van der Waals surface area contributed by atoms with Crippen LogP contribution in [0.25, 0.3) is 10.8 Å². The molecule has 1 unspecified atom stereocenters. The predicted octanol–water partition coefficient (Wildman–Crippen LogP) is 5.39. The van der Waals surface area contributed by atoms with Crippen LogP contribution in [0.3, 0.4) is 0 Å². The highest BCUT2D eigenvalue weighted by molar-refractivity contribution is 7.99. The largest absolute Gasteiger partial charge is 0.301 e. The summed E-state index contributed by atoms with van der Waals surface area (Å²) in [6.45, 7) is 7.16. The van der Waals surface area contributed by atoms with E-state index in [1.807, 2.05) is 0 Å². The van der Waals surface area contributed by atoms with E-state index in [1.165, 1.54) is 35.6 Å². The van der Waals surface area contributed by atoms with Gasteiger partial charge in [0, 0.05) is 18.2 Å². The highest BCUT2D eigenvalue weighted by Crippen LogP contribution is 2.25. The minimum absolute atomic E-state index is 0.0246. The van der Waals surface area contributed by atoms with Crippen LogP contribution in [-0.4, -0.2) is 33.2 Å². The van der Waals surface area contributed by atoms with Crippen molar-refractivity contribution in [3.05, 3.63) is 69.6 Å². The lowest BCUT2D eigenvalue weighted by Crippen LogP contribution is -2.33. The Hall–Kier alpha value is -2.11. The second-order valence-electron chi connectivity index (χ2n) is 8.28. The van der Waals surface area contributed by atoms with Crippen LogP contribution in [0.1, 0.15) is 56.4 Å². The van der Waals surface area contributed by atoms with Gasteiger partial charge in [-0.15, -0.1) is 0 Å². The number of fused-ring (bicyclic) bond motifs is 1. The van der Waals surface area contributed by atoms with Crippen LogP contribution in [-0.2, 0) is 13.0 Å². The molecule has 1 N–H and O–H groups in total. The third kappa shape index (κ3) is 4.96. The summed E-state index contributed by atoms with van der Waals surface area (Å²) in [4.78, 5) is 23.6. The van der Waals surface area contributed by atoms with Crippen molar-refractivity contribution in [1.29, 1.82) is 0 Å². The van der Waals surface area contributed by atoms with Crippen molar-refractivity contribution >= 4 is 22.5 Å². The third-order valence-corrected chi connectivity index (χ3v) is 7.19. The van der Waals surface area contributed by atoms with Gasteiger partial charge in [-0.25, -0.2) is 4.98 Å². The van der Waals surface area contributed by atoms with Gasteiger partial charge in [0.05, 0.1) is 11.3 Å². The van der Waals surface area contributed by atoms with Gasteiger partial charge in [0.25, 0.3) is 5.56 Å². The molecule has 30 heavy (non-hydrogen) atoms. The molecule has 0 aliphatic carbocycles. The van der Waals surface area contributed by atoms with Crippen LogP contribution in [0, 0.1) is 0 Å². The number of H-pyrrole nitrogens is 1. The Bertz CT molecular complexity index is 1050. The van der Waals surface area contributed by atoms with E-state index in [0.717, 1.165) is 35.9 Å². The van der Waals surface area contributed by atoms with Crippen molar-refractivity contribution < 1.29 is 0 Å². The summed E-state index contributed by atoms with van der Waals surface area (Å²) in [5, 5.41) is 3.63. The Morgan fingerprint density at radius 1 is 1.10 bits per heavy atom. The molecule has 158 valence electrons. The van der Waals surface area contributed by atoms with Crippen molar-refractivity contribution in [2.24, 2.45) is 0 Å². The molecule has 1 aliphatic heterocycles. The number of thioether (sulfide) groups is 1. The normalized spacial score (nSPS) is 16.1. The third-order valence-electron chi connectivity index (χ3n) is 6.04. The number of aromatic amines is 1. The van der Waals surface area contributed by atoms with Crippen LogP contribution in [0.5, 0.6) is 0 Å². The van der Waals surface area contributed by atoms with Crippen LogP contribution < -0.4 is 5.56 Å². The summed E-state index contributed by atoms with van der Waals surface area (Å²) in [6, 6.07) is 14.9. The number of piperidine rings is 1. The average molecular weight is 422 g/mol. The maximum absolute atomic E-state index is 13.1. The standard InChI is InChI=1S/C25H31N3OS/c1-3-18(2)30-25-26-23(16-20-12-9-11-19-10-5-6-13-21(19)20)22(24(29)27-25)17-28-14-7-4-8-15-28/h5-6,9-13,18H,3-4,7-8,14-17H2,1-2H3,(H,26,27,29). The lowest BCUT2D eigenvalue weighted by atomic mass is 9.99. The van der Waals surface area contributed by atoms with Gasteiger partial charge in [-0.1, -0.05) is 74.5 Å². The average Bonchev–Trinajstić information content (AvgIpc) is 2.77. The highest BCUT2D eigenvalue weighted by atomic mass is 32.2. The first-order valence-electron chi connectivity index (χ1n) is 11.1. The summed E-state index contributed by atoms with van der Waals surface area (Å²) in [6.07, 6.45) is 5.45. The van der Waals surface area contributed by atoms with E-state index in [4.69, 9.17) is 4.98 Å². The van der Waals surface area contributed by atoms with E-state index in [0.29, 0.717) is 18.2 Å². The number of nitrogens with one attached hydrogen (secondary N) is 1. The van der Waals surface area contributed by atoms with E-state index in [2.05, 4.69) is 66.2 Å². The van der Waals surface area contributed by atoms with E-state index < -0.39 is 0 Å². The molecule has 1 atom stereocenters. The Balaban J connectivity index is 1.72. The quantitative estimate of drug-likeness (QED) is 0.410. The summed E-state index contributed by atoms with van der Waals surface area (Å²) >= 11 is 1.66. The van der Waals surface area contributed by atoms with Gasteiger partial charge in [-0.05, 0) is 48.7 Å². The molecule has 3 aromatic rings. The minimum atomic E-state index is 0.0246. The van der Waals surface area contributed by atoms with Crippen molar-refractivity contribution in [2.45, 2.75) is 62.9 Å². The molecule has 1 saturated heterocycles.